The predicted molar refractivity (Wildman–Crippen MR) is 82.3 cm³/mol. The molecule has 0 atom stereocenters. The number of benzene rings is 1. The number of hydrogen-bond donors (Lipinski definition) is 1. The van der Waals surface area contributed by atoms with Crippen LogP contribution in [0.3, 0.4) is 0 Å². The van der Waals surface area contributed by atoms with Gasteiger partial charge >= 0.3 is 5.97 Å². The average molecular weight is 287 g/mol. The number of nitrogens with two attached hydrogens (primary N) is 1. The molecule has 1 heterocycles. The highest BCUT2D eigenvalue weighted by atomic mass is 32.1. The van der Waals surface area contributed by atoms with Gasteiger partial charge in [0.15, 0.2) is 0 Å². The summed E-state index contributed by atoms with van der Waals surface area (Å²) < 4.78 is 4.79. The van der Waals surface area contributed by atoms with E-state index in [1.165, 1.54) is 42.4 Å². The van der Waals surface area contributed by atoms with Crippen LogP contribution in [0.25, 0.3) is 10.4 Å². The molecule has 0 spiro atoms. The van der Waals surface area contributed by atoms with Crippen LogP contribution in [-0.2, 0) is 17.6 Å². The zero-order valence-corrected chi connectivity index (χ0v) is 12.5. The standard InChI is InChI=1S/C16H17NO2S/c1-9-13(17)15(16(18)19-2)20-14(9)12-7-6-10-4-3-5-11(10)8-12/h6-8H,3-5,17H2,1-2H3. The highest BCUT2D eigenvalue weighted by Crippen LogP contribution is 2.39. The van der Waals surface area contributed by atoms with Crippen molar-refractivity contribution in [1.29, 1.82) is 0 Å². The van der Waals surface area contributed by atoms with Gasteiger partial charge in [-0.15, -0.1) is 11.3 Å². The van der Waals surface area contributed by atoms with E-state index in [4.69, 9.17) is 10.5 Å². The van der Waals surface area contributed by atoms with Crippen LogP contribution in [0.4, 0.5) is 5.69 Å². The lowest BCUT2D eigenvalue weighted by molar-refractivity contribution is 0.0607. The van der Waals surface area contributed by atoms with Crippen molar-refractivity contribution in [3.05, 3.63) is 39.8 Å². The Kier molecular flexibility index (Phi) is 3.26. The Hall–Kier alpha value is -1.81. The van der Waals surface area contributed by atoms with Gasteiger partial charge in [-0.3, -0.25) is 0 Å². The maximum atomic E-state index is 11.7. The minimum Gasteiger partial charge on any atom is -0.465 e. The van der Waals surface area contributed by atoms with Crippen molar-refractivity contribution < 1.29 is 9.53 Å². The van der Waals surface area contributed by atoms with Crippen molar-refractivity contribution in [2.75, 3.05) is 12.8 Å². The Labute approximate surface area is 122 Å². The van der Waals surface area contributed by atoms with Gasteiger partial charge in [0.25, 0.3) is 0 Å². The molecule has 1 aromatic heterocycles. The third-order valence-electron chi connectivity index (χ3n) is 3.92. The molecular formula is C16H17NO2S. The fraction of sp³-hybridized carbons (Fsp3) is 0.312. The predicted octanol–water partition coefficient (Wildman–Crippen LogP) is 3.58. The van der Waals surface area contributed by atoms with Crippen molar-refractivity contribution in [1.82, 2.24) is 0 Å². The molecule has 0 fully saturated rings. The van der Waals surface area contributed by atoms with E-state index in [0.717, 1.165) is 22.4 Å². The summed E-state index contributed by atoms with van der Waals surface area (Å²) in [5, 5.41) is 0. The summed E-state index contributed by atoms with van der Waals surface area (Å²) in [7, 11) is 1.38. The smallest absolute Gasteiger partial charge is 0.350 e. The van der Waals surface area contributed by atoms with Gasteiger partial charge in [0.05, 0.1) is 12.8 Å². The van der Waals surface area contributed by atoms with Crippen molar-refractivity contribution >= 4 is 23.0 Å². The van der Waals surface area contributed by atoms with Crippen LogP contribution >= 0.6 is 11.3 Å². The number of fused-ring (bicyclic) bond motifs is 1. The van der Waals surface area contributed by atoms with Crippen molar-refractivity contribution in [3.63, 3.8) is 0 Å². The molecule has 0 unspecified atom stereocenters. The monoisotopic (exact) mass is 287 g/mol. The average Bonchev–Trinajstić information content (AvgIpc) is 3.03. The molecule has 0 bridgehead atoms. The molecule has 104 valence electrons. The van der Waals surface area contributed by atoms with Crippen LogP contribution in [0, 0.1) is 6.92 Å². The minimum atomic E-state index is -0.358. The molecule has 1 aliphatic carbocycles. The van der Waals surface area contributed by atoms with Gasteiger partial charge in [-0.05, 0) is 48.4 Å². The second kappa shape index (κ2) is 4.94. The Morgan fingerprint density at radius 2 is 2.05 bits per heavy atom. The second-order valence-electron chi connectivity index (χ2n) is 5.13. The number of esters is 1. The lowest BCUT2D eigenvalue weighted by Crippen LogP contribution is -2.01. The normalized spacial score (nSPS) is 13.3. The van der Waals surface area contributed by atoms with E-state index >= 15 is 0 Å². The fourth-order valence-corrected chi connectivity index (χ4v) is 3.90. The summed E-state index contributed by atoms with van der Waals surface area (Å²) in [6.45, 7) is 1.96. The highest BCUT2D eigenvalue weighted by Gasteiger charge is 2.21. The molecule has 0 aliphatic heterocycles. The van der Waals surface area contributed by atoms with E-state index in [1.807, 2.05) is 6.92 Å². The topological polar surface area (TPSA) is 52.3 Å². The Bertz CT molecular complexity index is 688. The number of carbonyl (C=O) groups is 1. The summed E-state index contributed by atoms with van der Waals surface area (Å²) in [6.07, 6.45) is 3.55. The molecule has 20 heavy (non-hydrogen) atoms. The van der Waals surface area contributed by atoms with Gasteiger partial charge in [-0.2, -0.15) is 0 Å². The van der Waals surface area contributed by atoms with Crippen LogP contribution < -0.4 is 5.73 Å². The number of thiophene rings is 1. The molecular weight excluding hydrogens is 270 g/mol. The maximum Gasteiger partial charge on any atom is 0.350 e. The quantitative estimate of drug-likeness (QED) is 0.859. The highest BCUT2D eigenvalue weighted by molar-refractivity contribution is 7.18. The first-order valence-electron chi connectivity index (χ1n) is 6.71. The van der Waals surface area contributed by atoms with E-state index < -0.39 is 0 Å². The first-order chi connectivity index (χ1) is 9.61. The zero-order chi connectivity index (χ0) is 14.3. The summed E-state index contributed by atoms with van der Waals surface area (Å²) in [5.41, 5.74) is 11.6. The first-order valence-corrected chi connectivity index (χ1v) is 7.53. The molecule has 2 N–H and O–H groups in total. The van der Waals surface area contributed by atoms with Gasteiger partial charge < -0.3 is 10.5 Å². The Morgan fingerprint density at radius 1 is 1.30 bits per heavy atom. The van der Waals surface area contributed by atoms with Gasteiger partial charge in [-0.25, -0.2) is 4.79 Å². The number of carbonyl (C=O) groups excluding carboxylic acids is 1. The number of anilines is 1. The molecule has 0 amide bonds. The molecule has 4 heteroatoms. The Balaban J connectivity index is 2.08. The van der Waals surface area contributed by atoms with Crippen molar-refractivity contribution in [2.24, 2.45) is 0 Å². The summed E-state index contributed by atoms with van der Waals surface area (Å²) in [6, 6.07) is 6.57. The van der Waals surface area contributed by atoms with Crippen molar-refractivity contribution in [2.45, 2.75) is 26.2 Å². The largest absolute Gasteiger partial charge is 0.465 e. The Morgan fingerprint density at radius 3 is 2.80 bits per heavy atom. The van der Waals surface area contributed by atoms with Gasteiger partial charge in [0.2, 0.25) is 0 Å². The zero-order valence-electron chi connectivity index (χ0n) is 11.7. The number of ether oxygens (including phenoxy) is 1. The van der Waals surface area contributed by atoms with Crippen LogP contribution in [0.1, 0.15) is 32.8 Å². The lowest BCUT2D eigenvalue weighted by atomic mass is 10.0. The summed E-state index contributed by atoms with van der Waals surface area (Å²) in [5.74, 6) is -0.358. The molecule has 3 rings (SSSR count). The van der Waals surface area contributed by atoms with E-state index in [-0.39, 0.29) is 5.97 Å². The molecule has 0 saturated heterocycles. The van der Waals surface area contributed by atoms with Crippen LogP contribution in [-0.4, -0.2) is 13.1 Å². The van der Waals surface area contributed by atoms with Gasteiger partial charge in [0.1, 0.15) is 4.88 Å². The SMILES string of the molecule is COC(=O)c1sc(-c2ccc3c(c2)CCC3)c(C)c1N. The molecule has 1 aromatic carbocycles. The number of rotatable bonds is 2. The van der Waals surface area contributed by atoms with E-state index in [9.17, 15) is 4.79 Å². The van der Waals surface area contributed by atoms with E-state index in [2.05, 4.69) is 18.2 Å². The number of nitrogen functional groups attached to an aromatic ring is 1. The third-order valence-corrected chi connectivity index (χ3v) is 5.26. The lowest BCUT2D eigenvalue weighted by Gasteiger charge is -2.04. The van der Waals surface area contributed by atoms with Crippen molar-refractivity contribution in [3.8, 4) is 10.4 Å². The van der Waals surface area contributed by atoms with E-state index in [1.54, 1.807) is 0 Å². The summed E-state index contributed by atoms with van der Waals surface area (Å²) >= 11 is 1.42. The molecule has 0 saturated carbocycles. The van der Waals surface area contributed by atoms with Gasteiger partial charge in [-0.1, -0.05) is 18.2 Å². The molecule has 3 nitrogen and oxygen atoms in total. The molecule has 1 aliphatic rings. The fourth-order valence-electron chi connectivity index (χ4n) is 2.76. The number of methoxy groups -OCH3 is 1. The number of aryl methyl sites for hydroxylation is 2. The van der Waals surface area contributed by atoms with E-state index in [0.29, 0.717) is 10.6 Å². The second-order valence-corrected chi connectivity index (χ2v) is 6.15. The molecule has 2 aromatic rings. The number of hydrogen-bond acceptors (Lipinski definition) is 4. The van der Waals surface area contributed by atoms with Crippen LogP contribution in [0.2, 0.25) is 0 Å². The minimum absolute atomic E-state index is 0.358. The molecule has 0 radical (unpaired) electrons. The van der Waals surface area contributed by atoms with Crippen LogP contribution in [0.5, 0.6) is 0 Å². The van der Waals surface area contributed by atoms with Gasteiger partial charge in [0, 0.05) is 4.88 Å². The first kappa shape index (κ1) is 13.2. The third kappa shape index (κ3) is 2.00. The van der Waals surface area contributed by atoms with Crippen LogP contribution in [0.15, 0.2) is 18.2 Å². The summed E-state index contributed by atoms with van der Waals surface area (Å²) in [4.78, 5) is 13.3. The maximum absolute atomic E-state index is 11.7.